The van der Waals surface area contributed by atoms with Crippen molar-refractivity contribution in [1.82, 2.24) is 0 Å². The first kappa shape index (κ1) is 31.2. The van der Waals surface area contributed by atoms with Gasteiger partial charge in [0.2, 0.25) is 0 Å². The molecule has 0 aromatic heterocycles. The molecule has 0 saturated carbocycles. The van der Waals surface area contributed by atoms with E-state index in [-0.39, 0.29) is 19.3 Å². The molecule has 0 fully saturated rings. The van der Waals surface area contributed by atoms with Gasteiger partial charge in [-0.15, -0.1) is 0 Å². The van der Waals surface area contributed by atoms with Crippen LogP contribution in [0.15, 0.2) is 90.0 Å². The van der Waals surface area contributed by atoms with E-state index in [0.29, 0.717) is 34.9 Å². The van der Waals surface area contributed by atoms with E-state index < -0.39 is 13.9 Å². The molecule has 4 rings (SSSR count). The quantitative estimate of drug-likeness (QED) is 0.146. The van der Waals surface area contributed by atoms with Crippen molar-refractivity contribution in [3.8, 4) is 17.2 Å². The number of benzene rings is 3. The van der Waals surface area contributed by atoms with Crippen molar-refractivity contribution in [1.29, 1.82) is 0 Å². The molecule has 3 atom stereocenters. The molecule has 1 heterocycles. The molecule has 3 aromatic rings. The lowest BCUT2D eigenvalue weighted by atomic mass is 10.2. The average Bonchev–Trinajstić information content (AvgIpc) is 3.28. The Labute approximate surface area is 247 Å². The van der Waals surface area contributed by atoms with E-state index in [9.17, 15) is 9.46 Å². The molecule has 220 valence electrons. The highest BCUT2D eigenvalue weighted by Crippen LogP contribution is 2.46. The van der Waals surface area contributed by atoms with Crippen LogP contribution < -0.4 is 14.0 Å². The highest BCUT2D eigenvalue weighted by atomic mass is 32.2. The Balaban J connectivity index is 1.33. The van der Waals surface area contributed by atoms with Gasteiger partial charge in [-0.3, -0.25) is 13.9 Å². The maximum atomic E-state index is 13.0. The fourth-order valence-electron chi connectivity index (χ4n) is 4.39. The largest absolute Gasteiger partial charge is 0.527 e. The molecular weight excluding hydrogens is 561 g/mol. The van der Waals surface area contributed by atoms with Crippen LogP contribution in [0.5, 0.6) is 17.2 Å². The van der Waals surface area contributed by atoms with Crippen molar-refractivity contribution in [2.45, 2.75) is 46.1 Å². The monoisotopic (exact) mass is 600 g/mol. The molecule has 41 heavy (non-hydrogen) atoms. The lowest BCUT2D eigenvalue weighted by Gasteiger charge is -2.27. The second-order valence-electron chi connectivity index (χ2n) is 10.5. The Morgan fingerprint density at radius 3 is 2.37 bits per heavy atom. The molecule has 8 nitrogen and oxygen atoms in total. The van der Waals surface area contributed by atoms with Gasteiger partial charge < -0.3 is 18.7 Å². The van der Waals surface area contributed by atoms with E-state index in [0.717, 1.165) is 17.0 Å². The third kappa shape index (κ3) is 10.2. The molecule has 0 amide bonds. The average molecular weight is 601 g/mol. The highest BCUT2D eigenvalue weighted by molar-refractivity contribution is 8.03. The van der Waals surface area contributed by atoms with Crippen molar-refractivity contribution in [2.75, 3.05) is 26.1 Å². The summed E-state index contributed by atoms with van der Waals surface area (Å²) in [6, 6.07) is 24.5. The van der Waals surface area contributed by atoms with Crippen LogP contribution in [0.25, 0.3) is 0 Å². The Morgan fingerprint density at radius 1 is 0.951 bits per heavy atom. The third-order valence-corrected chi connectivity index (χ3v) is 8.36. The zero-order valence-corrected chi connectivity index (χ0v) is 25.7. The predicted octanol–water partition coefficient (Wildman–Crippen LogP) is 7.15. The second kappa shape index (κ2) is 14.4. The van der Waals surface area contributed by atoms with Gasteiger partial charge in [-0.25, -0.2) is 4.57 Å². The van der Waals surface area contributed by atoms with Gasteiger partial charge in [-0.05, 0) is 50.6 Å². The van der Waals surface area contributed by atoms with E-state index in [1.54, 1.807) is 30.0 Å². The Bertz CT molecular complexity index is 1350. The van der Waals surface area contributed by atoms with E-state index in [1.807, 2.05) is 74.5 Å². The molecule has 10 heteroatoms. The molecule has 3 unspecified atom stereocenters. The zero-order valence-electron chi connectivity index (χ0n) is 24.0. The predicted molar refractivity (Wildman–Crippen MR) is 162 cm³/mol. The van der Waals surface area contributed by atoms with Crippen LogP contribution in [0.4, 0.5) is 0 Å². The standard InChI is InChI=1S/C31H38NO7PS/c1-24(2)38-30(21-36-29-15-10-14-28(17-29)35-20-26-11-6-5-7-12-26)22-37-40(33,34)39-31-16-9-8-13-27(31)19-32(4)18-25(3)41-23-32/h5-18,24,30H,19-23H2,1-4H3/p+1. The minimum atomic E-state index is -4.44. The van der Waals surface area contributed by atoms with E-state index in [1.165, 1.54) is 4.91 Å². The number of thioether (sulfide) groups is 1. The van der Waals surface area contributed by atoms with Crippen molar-refractivity contribution in [3.05, 3.63) is 101 Å². The first-order valence-electron chi connectivity index (χ1n) is 13.6. The third-order valence-electron chi connectivity index (χ3n) is 6.18. The molecule has 1 aliphatic rings. The summed E-state index contributed by atoms with van der Waals surface area (Å²) >= 11 is 1.79. The van der Waals surface area contributed by atoms with Crippen LogP contribution in [0.3, 0.4) is 0 Å². The topological polar surface area (TPSA) is 83.5 Å². The van der Waals surface area contributed by atoms with Gasteiger partial charge in [-0.1, -0.05) is 60.3 Å². The van der Waals surface area contributed by atoms with E-state index >= 15 is 0 Å². The lowest BCUT2D eigenvalue weighted by molar-refractivity contribution is -0.858. The summed E-state index contributed by atoms with van der Waals surface area (Å²) in [6.45, 7) is 6.84. The molecule has 1 aliphatic heterocycles. The van der Waals surface area contributed by atoms with Gasteiger partial charge >= 0.3 is 7.82 Å². The molecule has 1 N–H and O–H groups in total. The number of ether oxygens (including phenoxy) is 3. The molecule has 0 bridgehead atoms. The summed E-state index contributed by atoms with van der Waals surface area (Å²) in [5.74, 6) is 2.48. The van der Waals surface area contributed by atoms with Crippen molar-refractivity contribution in [2.24, 2.45) is 0 Å². The fourth-order valence-corrected chi connectivity index (χ4v) is 6.22. The molecule has 3 aromatic carbocycles. The van der Waals surface area contributed by atoms with Crippen molar-refractivity contribution in [3.63, 3.8) is 0 Å². The number of quaternary nitrogens is 1. The molecule has 0 spiro atoms. The SMILES string of the molecule is CC1=C[N+](C)(Cc2ccccc2OP(=O)(O)OCC(COc2cccc(OCc3ccccc3)c2)OC(C)C)CS1. The summed E-state index contributed by atoms with van der Waals surface area (Å²) in [5, 5.41) is 0. The summed E-state index contributed by atoms with van der Waals surface area (Å²) in [4.78, 5) is 11.9. The molecule has 0 saturated heterocycles. The normalized spacial score (nSPS) is 18.9. The Hall–Kier alpha value is -2.78. The number of nitrogens with zero attached hydrogens (tertiary/aromatic N) is 1. The van der Waals surface area contributed by atoms with Gasteiger partial charge in [0.25, 0.3) is 0 Å². The first-order valence-corrected chi connectivity index (χ1v) is 16.0. The first-order chi connectivity index (χ1) is 19.6. The van der Waals surface area contributed by atoms with Gasteiger partial charge in [0.15, 0.2) is 0 Å². The maximum Gasteiger partial charge on any atom is 0.527 e. The number of phosphoric ester groups is 1. The number of phosphoric acid groups is 1. The molecule has 0 radical (unpaired) electrons. The summed E-state index contributed by atoms with van der Waals surface area (Å²) < 4.78 is 42.4. The molecular formula is C31H39NO7PS+. The van der Waals surface area contributed by atoms with Gasteiger partial charge in [0, 0.05) is 16.5 Å². The van der Waals surface area contributed by atoms with E-state index in [4.69, 9.17) is 23.3 Å². The van der Waals surface area contributed by atoms with Gasteiger partial charge in [0.1, 0.15) is 55.2 Å². The van der Waals surface area contributed by atoms with Crippen LogP contribution in [0.2, 0.25) is 0 Å². The number of hydrogen-bond donors (Lipinski definition) is 1. The summed E-state index contributed by atoms with van der Waals surface area (Å²) in [6.07, 6.45) is 1.43. The second-order valence-corrected chi connectivity index (χ2v) is 13.0. The number of para-hydroxylation sites is 1. The maximum absolute atomic E-state index is 13.0. The molecule has 0 aliphatic carbocycles. The van der Waals surface area contributed by atoms with Crippen molar-refractivity contribution >= 4 is 19.6 Å². The minimum Gasteiger partial charge on any atom is -0.491 e. The Kier molecular flexibility index (Phi) is 10.9. The van der Waals surface area contributed by atoms with Crippen LogP contribution >= 0.6 is 19.6 Å². The van der Waals surface area contributed by atoms with Crippen LogP contribution in [-0.4, -0.2) is 47.7 Å². The smallest absolute Gasteiger partial charge is 0.491 e. The van der Waals surface area contributed by atoms with Gasteiger partial charge in [-0.2, -0.15) is 0 Å². The number of allylic oxidation sites excluding steroid dienone is 1. The van der Waals surface area contributed by atoms with Crippen LogP contribution in [-0.2, 0) is 27.0 Å². The van der Waals surface area contributed by atoms with Gasteiger partial charge in [0.05, 0.1) is 19.8 Å². The number of hydrogen-bond acceptors (Lipinski definition) is 7. The Morgan fingerprint density at radius 2 is 1.66 bits per heavy atom. The van der Waals surface area contributed by atoms with Crippen LogP contribution in [0, 0.1) is 0 Å². The fraction of sp³-hybridized carbons (Fsp3) is 0.355. The summed E-state index contributed by atoms with van der Waals surface area (Å²) in [7, 11) is -2.32. The number of rotatable bonds is 15. The van der Waals surface area contributed by atoms with E-state index in [2.05, 4.69) is 20.2 Å². The highest BCUT2D eigenvalue weighted by Gasteiger charge is 2.31. The van der Waals surface area contributed by atoms with Crippen LogP contribution in [0.1, 0.15) is 31.9 Å². The minimum absolute atomic E-state index is 0.107. The zero-order chi connectivity index (χ0) is 29.3. The lowest BCUT2D eigenvalue weighted by Crippen LogP contribution is -2.34. The summed E-state index contributed by atoms with van der Waals surface area (Å²) in [5.41, 5.74) is 1.89. The van der Waals surface area contributed by atoms with Crippen molar-refractivity contribution < 1.29 is 37.2 Å².